The lowest BCUT2D eigenvalue weighted by Gasteiger charge is -1.97. The van der Waals surface area contributed by atoms with Gasteiger partial charge in [-0.25, -0.2) is 4.98 Å². The number of aromatic nitrogens is 2. The number of pyridine rings is 1. The van der Waals surface area contributed by atoms with Gasteiger partial charge in [0.25, 0.3) is 0 Å². The van der Waals surface area contributed by atoms with Crippen molar-refractivity contribution < 1.29 is 0 Å². The first-order valence-electron chi connectivity index (χ1n) is 5.02. The van der Waals surface area contributed by atoms with E-state index in [0.29, 0.717) is 5.82 Å². The van der Waals surface area contributed by atoms with E-state index in [1.807, 2.05) is 34.2 Å². The van der Waals surface area contributed by atoms with Gasteiger partial charge in [0.1, 0.15) is 17.2 Å². The Bertz CT molecular complexity index is 643. The molecular weight excluding hydrogens is 254 g/mol. The minimum atomic E-state index is 0. The Morgan fingerprint density at radius 3 is 2.88 bits per heavy atom. The van der Waals surface area contributed by atoms with Crippen LogP contribution in [0.3, 0.4) is 0 Å². The van der Waals surface area contributed by atoms with Crippen molar-refractivity contribution in [1.29, 1.82) is 0 Å². The van der Waals surface area contributed by atoms with Gasteiger partial charge in [0.05, 0.1) is 0 Å². The van der Waals surface area contributed by atoms with Gasteiger partial charge in [0.2, 0.25) is 0 Å². The van der Waals surface area contributed by atoms with Gasteiger partial charge in [-0.2, -0.15) is 11.3 Å². The third-order valence-corrected chi connectivity index (χ3v) is 3.30. The normalized spacial score (nSPS) is 10.4. The summed E-state index contributed by atoms with van der Waals surface area (Å²) < 4.78 is 1.92. The van der Waals surface area contributed by atoms with Crippen molar-refractivity contribution in [2.45, 2.75) is 6.92 Å². The lowest BCUT2D eigenvalue weighted by atomic mass is 10.2. The molecule has 0 atom stereocenters. The van der Waals surface area contributed by atoms with Crippen molar-refractivity contribution in [3.8, 4) is 11.3 Å². The molecule has 17 heavy (non-hydrogen) atoms. The van der Waals surface area contributed by atoms with Crippen LogP contribution >= 0.6 is 23.7 Å². The summed E-state index contributed by atoms with van der Waals surface area (Å²) in [5.41, 5.74) is 10.1. The van der Waals surface area contributed by atoms with Crippen LogP contribution in [0.4, 0.5) is 5.82 Å². The summed E-state index contributed by atoms with van der Waals surface area (Å²) in [7, 11) is 0. The van der Waals surface area contributed by atoms with E-state index in [2.05, 4.69) is 17.3 Å². The molecule has 0 bridgehead atoms. The van der Waals surface area contributed by atoms with Crippen LogP contribution in [0.1, 0.15) is 5.56 Å². The Morgan fingerprint density at radius 1 is 1.35 bits per heavy atom. The molecule has 5 heteroatoms. The number of halogens is 1. The molecule has 0 saturated heterocycles. The van der Waals surface area contributed by atoms with Gasteiger partial charge in [-0.1, -0.05) is 0 Å². The molecule has 0 aromatic carbocycles. The number of rotatable bonds is 1. The summed E-state index contributed by atoms with van der Waals surface area (Å²) in [6.45, 7) is 2.05. The smallest absolute Gasteiger partial charge is 0.139 e. The Labute approximate surface area is 109 Å². The van der Waals surface area contributed by atoms with Crippen molar-refractivity contribution >= 4 is 35.2 Å². The maximum absolute atomic E-state index is 6.09. The van der Waals surface area contributed by atoms with E-state index in [1.165, 1.54) is 5.56 Å². The van der Waals surface area contributed by atoms with Crippen molar-refractivity contribution in [1.82, 2.24) is 9.38 Å². The number of fused-ring (bicyclic) bond motifs is 1. The molecule has 0 aliphatic carbocycles. The molecule has 0 aliphatic rings. The Hall–Kier alpha value is -1.52. The minimum Gasteiger partial charge on any atom is -0.383 e. The quantitative estimate of drug-likeness (QED) is 0.733. The van der Waals surface area contributed by atoms with Crippen molar-refractivity contribution in [2.75, 3.05) is 5.73 Å². The van der Waals surface area contributed by atoms with Crippen LogP contribution in [-0.2, 0) is 0 Å². The first-order chi connectivity index (χ1) is 7.75. The molecule has 0 aliphatic heterocycles. The van der Waals surface area contributed by atoms with Gasteiger partial charge in [-0.15, -0.1) is 12.4 Å². The van der Waals surface area contributed by atoms with Crippen LogP contribution in [-0.4, -0.2) is 9.38 Å². The lowest BCUT2D eigenvalue weighted by molar-refractivity contribution is 1.18. The summed E-state index contributed by atoms with van der Waals surface area (Å²) in [4.78, 5) is 4.56. The lowest BCUT2D eigenvalue weighted by Crippen LogP contribution is -1.93. The summed E-state index contributed by atoms with van der Waals surface area (Å²) >= 11 is 1.65. The highest BCUT2D eigenvalue weighted by Gasteiger charge is 2.10. The number of hydrogen-bond donors (Lipinski definition) is 1. The number of thiophene rings is 1. The van der Waals surface area contributed by atoms with Crippen LogP contribution in [0.5, 0.6) is 0 Å². The third-order valence-electron chi connectivity index (χ3n) is 2.61. The molecule has 0 saturated carbocycles. The predicted molar refractivity (Wildman–Crippen MR) is 74.9 cm³/mol. The second kappa shape index (κ2) is 4.39. The van der Waals surface area contributed by atoms with E-state index >= 15 is 0 Å². The fourth-order valence-electron chi connectivity index (χ4n) is 1.78. The van der Waals surface area contributed by atoms with E-state index in [0.717, 1.165) is 16.9 Å². The van der Waals surface area contributed by atoms with Gasteiger partial charge in [-0.3, -0.25) is 4.40 Å². The van der Waals surface area contributed by atoms with Crippen molar-refractivity contribution in [2.24, 2.45) is 0 Å². The molecule has 0 amide bonds. The Kier molecular flexibility index (Phi) is 3.09. The number of anilines is 1. The molecule has 3 nitrogen and oxygen atoms in total. The molecule has 2 N–H and O–H groups in total. The molecule has 88 valence electrons. The number of nitrogen functional groups attached to an aromatic ring is 1. The van der Waals surface area contributed by atoms with E-state index < -0.39 is 0 Å². The number of hydrogen-bond acceptors (Lipinski definition) is 3. The Morgan fingerprint density at radius 2 is 2.18 bits per heavy atom. The number of nitrogens with two attached hydrogens (primary N) is 1. The highest BCUT2D eigenvalue weighted by Crippen LogP contribution is 2.28. The molecular formula is C12H12ClN3S. The Balaban J connectivity index is 0.00000108. The van der Waals surface area contributed by atoms with E-state index in [4.69, 9.17) is 5.73 Å². The average molecular weight is 266 g/mol. The number of aryl methyl sites for hydroxylation is 1. The van der Waals surface area contributed by atoms with Gasteiger partial charge < -0.3 is 5.73 Å². The van der Waals surface area contributed by atoms with E-state index in [9.17, 15) is 0 Å². The van der Waals surface area contributed by atoms with Gasteiger partial charge in [-0.05, 0) is 36.1 Å². The summed E-state index contributed by atoms with van der Waals surface area (Å²) in [6, 6.07) is 6.10. The topological polar surface area (TPSA) is 43.3 Å². The predicted octanol–water partition coefficient (Wildman–Crippen LogP) is 3.38. The summed E-state index contributed by atoms with van der Waals surface area (Å²) in [6.07, 6.45) is 1.96. The summed E-state index contributed by atoms with van der Waals surface area (Å²) in [5, 5.41) is 4.09. The van der Waals surface area contributed by atoms with Crippen LogP contribution in [0.15, 0.2) is 35.2 Å². The van der Waals surface area contributed by atoms with Gasteiger partial charge in [0, 0.05) is 17.1 Å². The zero-order valence-corrected chi connectivity index (χ0v) is 10.9. The maximum Gasteiger partial charge on any atom is 0.139 e. The molecule has 0 spiro atoms. The molecule has 3 heterocycles. The van der Waals surface area contributed by atoms with Crippen molar-refractivity contribution in [3.63, 3.8) is 0 Å². The van der Waals surface area contributed by atoms with Crippen LogP contribution in [0.2, 0.25) is 0 Å². The number of imidazole rings is 1. The first-order valence-corrected chi connectivity index (χ1v) is 5.97. The van der Waals surface area contributed by atoms with Crippen LogP contribution in [0, 0.1) is 6.92 Å². The fraction of sp³-hybridized carbons (Fsp3) is 0.0833. The van der Waals surface area contributed by atoms with Gasteiger partial charge >= 0.3 is 0 Å². The average Bonchev–Trinajstić information content (AvgIpc) is 2.86. The standard InChI is InChI=1S/C12H11N3S.ClH/c1-8-2-4-15-10(6-8)14-11(12(15)13)9-3-5-16-7-9;/h2-7H,13H2,1H3;1H. The van der Waals surface area contributed by atoms with Crippen LogP contribution < -0.4 is 5.73 Å². The van der Waals surface area contributed by atoms with E-state index in [1.54, 1.807) is 11.3 Å². The highest BCUT2D eigenvalue weighted by molar-refractivity contribution is 7.08. The van der Waals surface area contributed by atoms with Gasteiger partial charge in [0.15, 0.2) is 0 Å². The molecule has 3 aromatic heterocycles. The zero-order valence-electron chi connectivity index (χ0n) is 9.25. The molecule has 3 aromatic rings. The first kappa shape index (κ1) is 12.0. The minimum absolute atomic E-state index is 0. The number of nitrogens with zero attached hydrogens (tertiary/aromatic N) is 2. The highest BCUT2D eigenvalue weighted by atomic mass is 35.5. The van der Waals surface area contributed by atoms with Crippen molar-refractivity contribution in [3.05, 3.63) is 40.7 Å². The monoisotopic (exact) mass is 265 g/mol. The second-order valence-electron chi connectivity index (χ2n) is 3.79. The summed E-state index contributed by atoms with van der Waals surface area (Å²) in [5.74, 6) is 0.702. The third kappa shape index (κ3) is 1.90. The van der Waals surface area contributed by atoms with Crippen LogP contribution in [0.25, 0.3) is 16.9 Å². The zero-order chi connectivity index (χ0) is 11.1. The fourth-order valence-corrected chi connectivity index (χ4v) is 2.42. The SMILES string of the molecule is Cc1ccn2c(N)c(-c3ccsc3)nc2c1.Cl. The molecule has 0 radical (unpaired) electrons. The molecule has 3 rings (SSSR count). The second-order valence-corrected chi connectivity index (χ2v) is 4.57. The largest absolute Gasteiger partial charge is 0.383 e. The van der Waals surface area contributed by atoms with E-state index in [-0.39, 0.29) is 12.4 Å². The molecule has 0 unspecified atom stereocenters. The molecule has 0 fully saturated rings. The maximum atomic E-state index is 6.09.